The zero-order valence-corrected chi connectivity index (χ0v) is 13.7. The molecule has 3 rings (SSSR count). The summed E-state index contributed by atoms with van der Waals surface area (Å²) >= 11 is 0. The largest absolute Gasteiger partial charge is 0.347 e. The molecular formula is C16H25N3O3. The van der Waals surface area contributed by atoms with Crippen molar-refractivity contribution >= 4 is 5.91 Å². The average Bonchev–Trinajstić information content (AvgIpc) is 3.04. The summed E-state index contributed by atoms with van der Waals surface area (Å²) in [5, 5.41) is 4.41. The van der Waals surface area contributed by atoms with E-state index in [1.165, 1.54) is 5.56 Å². The SMILES string of the molecule is Cc1nn(C)c(C)c1CCC(=O)N1CCC2(CC1)OCCO2. The minimum Gasteiger partial charge on any atom is -0.347 e. The van der Waals surface area contributed by atoms with Crippen LogP contribution in [0.3, 0.4) is 0 Å². The van der Waals surface area contributed by atoms with Crippen LogP contribution in [0.4, 0.5) is 0 Å². The van der Waals surface area contributed by atoms with Crippen LogP contribution in [-0.4, -0.2) is 52.7 Å². The van der Waals surface area contributed by atoms with E-state index in [1.807, 2.05) is 23.6 Å². The average molecular weight is 307 g/mol. The zero-order chi connectivity index (χ0) is 15.7. The number of carbonyl (C=O) groups excluding carboxylic acids is 1. The molecule has 0 radical (unpaired) electrons. The zero-order valence-electron chi connectivity index (χ0n) is 13.7. The molecule has 1 aromatic rings. The number of likely N-dealkylation sites (tertiary alicyclic amines) is 1. The number of piperidine rings is 1. The van der Waals surface area contributed by atoms with Gasteiger partial charge in [0.05, 0.1) is 18.9 Å². The Labute approximate surface area is 131 Å². The highest BCUT2D eigenvalue weighted by atomic mass is 16.7. The van der Waals surface area contributed by atoms with Crippen molar-refractivity contribution in [3.8, 4) is 0 Å². The first-order valence-electron chi connectivity index (χ1n) is 8.05. The van der Waals surface area contributed by atoms with E-state index in [-0.39, 0.29) is 5.91 Å². The van der Waals surface area contributed by atoms with E-state index in [1.54, 1.807) is 0 Å². The van der Waals surface area contributed by atoms with Crippen molar-refractivity contribution < 1.29 is 14.3 Å². The van der Waals surface area contributed by atoms with Gasteiger partial charge in [-0.05, 0) is 25.8 Å². The second-order valence-corrected chi connectivity index (χ2v) is 6.26. The maximum absolute atomic E-state index is 12.4. The molecule has 22 heavy (non-hydrogen) atoms. The van der Waals surface area contributed by atoms with Crippen LogP contribution >= 0.6 is 0 Å². The number of rotatable bonds is 3. The lowest BCUT2D eigenvalue weighted by atomic mass is 10.0. The van der Waals surface area contributed by atoms with Crippen LogP contribution in [0.15, 0.2) is 0 Å². The molecule has 0 saturated carbocycles. The fraction of sp³-hybridized carbons (Fsp3) is 0.750. The maximum Gasteiger partial charge on any atom is 0.222 e. The molecule has 3 heterocycles. The fourth-order valence-corrected chi connectivity index (χ4v) is 3.45. The lowest BCUT2D eigenvalue weighted by Gasteiger charge is -2.37. The summed E-state index contributed by atoms with van der Waals surface area (Å²) in [6.45, 7) is 6.86. The molecule has 6 heteroatoms. The number of carbonyl (C=O) groups is 1. The van der Waals surface area contributed by atoms with Gasteiger partial charge in [0.2, 0.25) is 5.91 Å². The molecule has 2 aliphatic heterocycles. The molecule has 1 spiro atoms. The first-order valence-corrected chi connectivity index (χ1v) is 8.05. The first kappa shape index (κ1) is 15.5. The molecule has 2 fully saturated rings. The van der Waals surface area contributed by atoms with Crippen LogP contribution in [0.1, 0.15) is 36.2 Å². The van der Waals surface area contributed by atoms with Gasteiger partial charge >= 0.3 is 0 Å². The Hall–Kier alpha value is -1.40. The fourth-order valence-electron chi connectivity index (χ4n) is 3.45. The molecule has 0 N–H and O–H groups in total. The number of nitrogens with zero attached hydrogens (tertiary/aromatic N) is 3. The van der Waals surface area contributed by atoms with Gasteiger partial charge in [-0.25, -0.2) is 0 Å². The molecule has 6 nitrogen and oxygen atoms in total. The molecule has 0 aromatic carbocycles. The van der Waals surface area contributed by atoms with Gasteiger partial charge in [0.1, 0.15) is 0 Å². The summed E-state index contributed by atoms with van der Waals surface area (Å²) < 4.78 is 13.3. The molecule has 0 bridgehead atoms. The number of aryl methyl sites for hydroxylation is 2. The second kappa shape index (κ2) is 6.01. The Morgan fingerprint density at radius 1 is 1.23 bits per heavy atom. The highest BCUT2D eigenvalue weighted by molar-refractivity contribution is 5.76. The number of ether oxygens (including phenoxy) is 2. The van der Waals surface area contributed by atoms with Gasteiger partial charge in [-0.3, -0.25) is 9.48 Å². The van der Waals surface area contributed by atoms with Crippen LogP contribution in [0, 0.1) is 13.8 Å². The van der Waals surface area contributed by atoms with Crippen molar-refractivity contribution in [2.24, 2.45) is 7.05 Å². The van der Waals surface area contributed by atoms with Crippen molar-refractivity contribution in [1.29, 1.82) is 0 Å². The van der Waals surface area contributed by atoms with Crippen molar-refractivity contribution in [2.75, 3.05) is 26.3 Å². The smallest absolute Gasteiger partial charge is 0.222 e. The maximum atomic E-state index is 12.4. The third-order valence-electron chi connectivity index (χ3n) is 4.94. The Morgan fingerprint density at radius 3 is 2.41 bits per heavy atom. The number of aromatic nitrogens is 2. The van der Waals surface area contributed by atoms with E-state index in [9.17, 15) is 4.79 Å². The Balaban J connectivity index is 1.52. The predicted molar refractivity (Wildman–Crippen MR) is 81.5 cm³/mol. The van der Waals surface area contributed by atoms with Gasteiger partial charge in [-0.2, -0.15) is 5.10 Å². The van der Waals surface area contributed by atoms with Crippen LogP contribution in [0.5, 0.6) is 0 Å². The summed E-state index contributed by atoms with van der Waals surface area (Å²) in [5.41, 5.74) is 3.38. The molecular weight excluding hydrogens is 282 g/mol. The highest BCUT2D eigenvalue weighted by Crippen LogP contribution is 2.31. The standard InChI is InChI=1S/C16H25N3O3/c1-12-14(13(2)18(3)17-12)4-5-15(20)19-8-6-16(7-9-19)21-10-11-22-16/h4-11H2,1-3H3. The topological polar surface area (TPSA) is 56.6 Å². The van der Waals surface area contributed by atoms with Crippen molar-refractivity contribution in [1.82, 2.24) is 14.7 Å². The van der Waals surface area contributed by atoms with Gasteiger partial charge in [-0.15, -0.1) is 0 Å². The van der Waals surface area contributed by atoms with E-state index in [4.69, 9.17) is 9.47 Å². The van der Waals surface area contributed by atoms with Gasteiger partial charge in [0.15, 0.2) is 5.79 Å². The summed E-state index contributed by atoms with van der Waals surface area (Å²) in [6.07, 6.45) is 2.87. The molecule has 1 amide bonds. The summed E-state index contributed by atoms with van der Waals surface area (Å²) in [7, 11) is 1.94. The lowest BCUT2D eigenvalue weighted by Crippen LogP contribution is -2.47. The first-order chi connectivity index (χ1) is 10.5. The quantitative estimate of drug-likeness (QED) is 0.845. The highest BCUT2D eigenvalue weighted by Gasteiger charge is 2.40. The summed E-state index contributed by atoms with van der Waals surface area (Å²) in [6, 6.07) is 0. The third-order valence-corrected chi connectivity index (χ3v) is 4.94. The van der Waals surface area contributed by atoms with Crippen molar-refractivity contribution in [3.05, 3.63) is 17.0 Å². The van der Waals surface area contributed by atoms with Crippen LogP contribution in [-0.2, 0) is 27.7 Å². The minimum atomic E-state index is -0.409. The Kier molecular flexibility index (Phi) is 4.23. The minimum absolute atomic E-state index is 0.218. The van der Waals surface area contributed by atoms with Crippen LogP contribution in [0.2, 0.25) is 0 Å². The van der Waals surface area contributed by atoms with Gasteiger partial charge in [-0.1, -0.05) is 0 Å². The van der Waals surface area contributed by atoms with Crippen LogP contribution < -0.4 is 0 Å². The number of hydrogen-bond donors (Lipinski definition) is 0. The summed E-state index contributed by atoms with van der Waals surface area (Å²) in [5.74, 6) is -0.191. The van der Waals surface area contributed by atoms with Gasteiger partial charge in [0.25, 0.3) is 0 Å². The normalized spacial score (nSPS) is 20.8. The van der Waals surface area contributed by atoms with Crippen molar-refractivity contribution in [3.63, 3.8) is 0 Å². The molecule has 1 aromatic heterocycles. The van der Waals surface area contributed by atoms with E-state index in [2.05, 4.69) is 12.0 Å². The Morgan fingerprint density at radius 2 is 1.86 bits per heavy atom. The van der Waals surface area contributed by atoms with Gasteiger partial charge < -0.3 is 14.4 Å². The molecule has 0 aliphatic carbocycles. The molecule has 122 valence electrons. The molecule has 2 saturated heterocycles. The molecule has 0 atom stereocenters. The molecule has 0 unspecified atom stereocenters. The number of amides is 1. The van der Waals surface area contributed by atoms with E-state index in [0.29, 0.717) is 19.6 Å². The lowest BCUT2D eigenvalue weighted by molar-refractivity contribution is -0.187. The number of hydrogen-bond acceptors (Lipinski definition) is 4. The third kappa shape index (κ3) is 2.90. The van der Waals surface area contributed by atoms with Gasteiger partial charge in [0, 0.05) is 45.1 Å². The van der Waals surface area contributed by atoms with E-state index >= 15 is 0 Å². The van der Waals surface area contributed by atoms with E-state index in [0.717, 1.165) is 43.7 Å². The molecule has 2 aliphatic rings. The second-order valence-electron chi connectivity index (χ2n) is 6.26. The monoisotopic (exact) mass is 307 g/mol. The van der Waals surface area contributed by atoms with Crippen LogP contribution in [0.25, 0.3) is 0 Å². The van der Waals surface area contributed by atoms with Crippen molar-refractivity contribution in [2.45, 2.75) is 45.3 Å². The summed E-state index contributed by atoms with van der Waals surface area (Å²) in [4.78, 5) is 14.4. The Bertz CT molecular complexity index is 551. The van der Waals surface area contributed by atoms with E-state index < -0.39 is 5.79 Å². The predicted octanol–water partition coefficient (Wildman–Crippen LogP) is 1.34.